The summed E-state index contributed by atoms with van der Waals surface area (Å²) in [4.78, 5) is 7.07. The van der Waals surface area contributed by atoms with E-state index in [9.17, 15) is 0 Å². The quantitative estimate of drug-likeness (QED) is 0.703. The molecule has 1 aliphatic rings. The molecule has 80 valence electrons. The molecule has 1 aromatic heterocycles. The van der Waals surface area contributed by atoms with E-state index in [1.54, 1.807) is 6.33 Å². The number of rotatable bonds is 0. The third kappa shape index (κ3) is 2.85. The Balaban J connectivity index is 0.000000125. The van der Waals surface area contributed by atoms with Crippen LogP contribution in [0.15, 0.2) is 67.3 Å². The van der Waals surface area contributed by atoms with Gasteiger partial charge in [-0.05, 0) is 24.3 Å². The van der Waals surface area contributed by atoms with Gasteiger partial charge in [-0.25, -0.2) is 4.98 Å². The van der Waals surface area contributed by atoms with Crippen molar-refractivity contribution < 1.29 is 0 Å². The summed E-state index contributed by atoms with van der Waals surface area (Å²) in [5, 5.41) is 2.92. The molecule has 0 radical (unpaired) electrons. The van der Waals surface area contributed by atoms with E-state index in [-0.39, 0.29) is 0 Å². The van der Waals surface area contributed by atoms with E-state index in [1.807, 2.05) is 61.0 Å². The Hall–Kier alpha value is -2.29. The number of allylic oxidation sites excluding steroid dienone is 4. The number of aromatic amines is 1. The van der Waals surface area contributed by atoms with E-state index >= 15 is 0 Å². The van der Waals surface area contributed by atoms with Gasteiger partial charge < -0.3 is 10.3 Å². The molecule has 0 amide bonds. The van der Waals surface area contributed by atoms with Crippen molar-refractivity contribution >= 4 is 11.0 Å². The lowest BCUT2D eigenvalue weighted by molar-refractivity contribution is 1.20. The minimum absolute atomic E-state index is 1.03. The summed E-state index contributed by atoms with van der Waals surface area (Å²) in [5.74, 6) is 0. The van der Waals surface area contributed by atoms with E-state index in [1.165, 1.54) is 0 Å². The first-order valence-electron chi connectivity index (χ1n) is 5.09. The predicted octanol–water partition coefficient (Wildman–Crippen LogP) is 2.74. The van der Waals surface area contributed by atoms with Crippen LogP contribution in [0.1, 0.15) is 0 Å². The highest BCUT2D eigenvalue weighted by atomic mass is 14.9. The van der Waals surface area contributed by atoms with Gasteiger partial charge in [-0.15, -0.1) is 0 Å². The standard InChI is InChI=1S/C7H6N2.C6H7N/c1-2-4-7-6(3-1)8-5-9-7;1-2-4-6-7-5-3-1/h1-5H,(H,8,9);1-7H. The fraction of sp³-hybridized carbons (Fsp3) is 0. The summed E-state index contributed by atoms with van der Waals surface area (Å²) < 4.78 is 0. The van der Waals surface area contributed by atoms with Gasteiger partial charge in [0.05, 0.1) is 17.4 Å². The zero-order valence-electron chi connectivity index (χ0n) is 8.80. The molecule has 0 spiro atoms. The number of aromatic nitrogens is 2. The van der Waals surface area contributed by atoms with Gasteiger partial charge in [0.2, 0.25) is 0 Å². The third-order valence-corrected chi connectivity index (χ3v) is 2.05. The summed E-state index contributed by atoms with van der Waals surface area (Å²) in [6, 6.07) is 7.94. The second-order valence-corrected chi connectivity index (χ2v) is 3.19. The first-order valence-corrected chi connectivity index (χ1v) is 5.09. The smallest absolute Gasteiger partial charge is 0.0931 e. The molecule has 0 saturated carbocycles. The second kappa shape index (κ2) is 5.56. The molecule has 0 atom stereocenters. The van der Waals surface area contributed by atoms with Crippen molar-refractivity contribution in [1.82, 2.24) is 15.3 Å². The summed E-state index contributed by atoms with van der Waals surface area (Å²) >= 11 is 0. The van der Waals surface area contributed by atoms with Gasteiger partial charge in [-0.3, -0.25) is 0 Å². The Morgan fingerprint density at radius 3 is 2.38 bits per heavy atom. The van der Waals surface area contributed by atoms with Crippen molar-refractivity contribution in [3.8, 4) is 0 Å². The predicted molar refractivity (Wildman–Crippen MR) is 66.6 cm³/mol. The number of hydrogen-bond donors (Lipinski definition) is 2. The number of imidazole rings is 1. The number of benzene rings is 1. The van der Waals surface area contributed by atoms with Gasteiger partial charge in [-0.1, -0.05) is 24.3 Å². The van der Waals surface area contributed by atoms with Crippen molar-refractivity contribution in [2.45, 2.75) is 0 Å². The highest BCUT2D eigenvalue weighted by Gasteiger charge is 1.88. The van der Waals surface area contributed by atoms with Crippen molar-refractivity contribution in [1.29, 1.82) is 0 Å². The molecule has 16 heavy (non-hydrogen) atoms. The molecule has 0 aliphatic carbocycles. The van der Waals surface area contributed by atoms with Crippen LogP contribution in [0.3, 0.4) is 0 Å². The lowest BCUT2D eigenvalue weighted by Crippen LogP contribution is -1.87. The Morgan fingerprint density at radius 1 is 0.875 bits per heavy atom. The fourth-order valence-corrected chi connectivity index (χ4v) is 1.29. The zero-order valence-corrected chi connectivity index (χ0v) is 8.80. The molecule has 3 rings (SSSR count). The largest absolute Gasteiger partial charge is 0.368 e. The molecule has 0 unspecified atom stereocenters. The highest BCUT2D eigenvalue weighted by Crippen LogP contribution is 2.05. The Labute approximate surface area is 94.2 Å². The van der Waals surface area contributed by atoms with Gasteiger partial charge in [0.1, 0.15) is 0 Å². The number of para-hydroxylation sites is 2. The lowest BCUT2D eigenvalue weighted by Gasteiger charge is -1.81. The van der Waals surface area contributed by atoms with Crippen LogP contribution in [0.25, 0.3) is 11.0 Å². The maximum Gasteiger partial charge on any atom is 0.0931 e. The third-order valence-electron chi connectivity index (χ3n) is 2.05. The van der Waals surface area contributed by atoms with Crippen LogP contribution in [-0.4, -0.2) is 9.97 Å². The van der Waals surface area contributed by atoms with Crippen LogP contribution in [0.4, 0.5) is 0 Å². The van der Waals surface area contributed by atoms with Crippen LogP contribution in [0.5, 0.6) is 0 Å². The maximum absolute atomic E-state index is 4.06. The van der Waals surface area contributed by atoms with E-state index in [0.717, 1.165) is 11.0 Å². The van der Waals surface area contributed by atoms with Crippen LogP contribution >= 0.6 is 0 Å². The number of nitrogens with zero attached hydrogens (tertiary/aromatic N) is 1. The van der Waals surface area contributed by atoms with Crippen molar-refractivity contribution in [2.24, 2.45) is 0 Å². The molecular weight excluding hydrogens is 198 g/mol. The van der Waals surface area contributed by atoms with Crippen LogP contribution in [0, 0.1) is 0 Å². The van der Waals surface area contributed by atoms with E-state index in [0.29, 0.717) is 0 Å². The van der Waals surface area contributed by atoms with Gasteiger partial charge in [0.25, 0.3) is 0 Å². The normalized spacial score (nSPS) is 12.8. The number of hydrogen-bond acceptors (Lipinski definition) is 2. The van der Waals surface area contributed by atoms with Gasteiger partial charge >= 0.3 is 0 Å². The first kappa shape index (κ1) is 10.2. The van der Waals surface area contributed by atoms with Crippen molar-refractivity contribution in [3.63, 3.8) is 0 Å². The minimum atomic E-state index is 1.03. The average Bonchev–Trinajstić information content (AvgIpc) is 2.61. The zero-order chi connectivity index (χ0) is 11.1. The summed E-state index contributed by atoms with van der Waals surface area (Å²) in [5.41, 5.74) is 2.12. The summed E-state index contributed by atoms with van der Waals surface area (Å²) in [6.07, 6.45) is 13.3. The van der Waals surface area contributed by atoms with Crippen LogP contribution in [-0.2, 0) is 0 Å². The Kier molecular flexibility index (Phi) is 3.55. The average molecular weight is 211 g/mol. The van der Waals surface area contributed by atoms with Gasteiger partial charge in [-0.2, -0.15) is 0 Å². The second-order valence-electron chi connectivity index (χ2n) is 3.19. The van der Waals surface area contributed by atoms with E-state index in [2.05, 4.69) is 15.3 Å². The Bertz CT molecular complexity index is 476. The number of H-pyrrole nitrogens is 1. The monoisotopic (exact) mass is 211 g/mol. The summed E-state index contributed by atoms with van der Waals surface area (Å²) in [7, 11) is 0. The number of fused-ring (bicyclic) bond motifs is 1. The van der Waals surface area contributed by atoms with E-state index in [4.69, 9.17) is 0 Å². The lowest BCUT2D eigenvalue weighted by atomic mass is 10.3. The van der Waals surface area contributed by atoms with Crippen molar-refractivity contribution in [3.05, 3.63) is 67.3 Å². The molecule has 0 saturated heterocycles. The van der Waals surface area contributed by atoms with Crippen LogP contribution < -0.4 is 5.32 Å². The molecule has 3 heteroatoms. The molecule has 1 aliphatic heterocycles. The Morgan fingerprint density at radius 2 is 1.62 bits per heavy atom. The summed E-state index contributed by atoms with van der Waals surface area (Å²) in [6.45, 7) is 0. The van der Waals surface area contributed by atoms with Crippen LogP contribution in [0.2, 0.25) is 0 Å². The molecule has 1 aromatic carbocycles. The molecular formula is C13H13N3. The van der Waals surface area contributed by atoms with Crippen molar-refractivity contribution in [2.75, 3.05) is 0 Å². The minimum Gasteiger partial charge on any atom is -0.368 e. The molecule has 2 heterocycles. The molecule has 0 bridgehead atoms. The first-order chi connectivity index (χ1) is 7.97. The number of nitrogens with one attached hydrogen (secondary N) is 2. The maximum atomic E-state index is 4.06. The molecule has 0 fully saturated rings. The molecule has 2 N–H and O–H groups in total. The molecule has 2 aromatic rings. The SMILES string of the molecule is C1=CC=CNC=C1.c1ccc2[nH]cnc2c1. The van der Waals surface area contributed by atoms with Gasteiger partial charge in [0, 0.05) is 12.4 Å². The topological polar surface area (TPSA) is 40.7 Å². The fourth-order valence-electron chi connectivity index (χ4n) is 1.29. The highest BCUT2D eigenvalue weighted by molar-refractivity contribution is 5.73. The molecule has 3 nitrogen and oxygen atoms in total. The van der Waals surface area contributed by atoms with E-state index < -0.39 is 0 Å². The van der Waals surface area contributed by atoms with Gasteiger partial charge in [0.15, 0.2) is 0 Å².